The van der Waals surface area contributed by atoms with Crippen molar-refractivity contribution in [3.05, 3.63) is 71.0 Å². The SMILES string of the molecule is O=C(c1ccc(F)cc1)N(CC1CCN(C2Cc3ccccc3C2)CC1)CC1CCCO1. The average molecular weight is 437 g/mol. The Labute approximate surface area is 190 Å². The molecule has 0 aromatic heterocycles. The van der Waals surface area contributed by atoms with Crippen molar-refractivity contribution < 1.29 is 13.9 Å². The van der Waals surface area contributed by atoms with Gasteiger partial charge in [-0.05, 0) is 92.9 Å². The van der Waals surface area contributed by atoms with Crippen molar-refractivity contribution in [2.24, 2.45) is 5.92 Å². The van der Waals surface area contributed by atoms with Crippen molar-refractivity contribution in [1.29, 1.82) is 0 Å². The Bertz CT molecular complexity index is 893. The van der Waals surface area contributed by atoms with Gasteiger partial charge >= 0.3 is 0 Å². The summed E-state index contributed by atoms with van der Waals surface area (Å²) in [5, 5.41) is 0. The molecule has 0 radical (unpaired) electrons. The number of carbonyl (C=O) groups excluding carboxylic acids is 1. The Balaban J connectivity index is 1.19. The van der Waals surface area contributed by atoms with E-state index in [1.54, 1.807) is 12.1 Å². The summed E-state index contributed by atoms with van der Waals surface area (Å²) in [6.07, 6.45) is 6.75. The van der Waals surface area contributed by atoms with Gasteiger partial charge in [0.2, 0.25) is 0 Å². The number of carbonyl (C=O) groups is 1. The Morgan fingerprint density at radius 2 is 1.66 bits per heavy atom. The molecule has 1 amide bonds. The maximum absolute atomic E-state index is 13.4. The second-order valence-electron chi connectivity index (χ2n) is 9.66. The number of amides is 1. The van der Waals surface area contributed by atoms with Crippen molar-refractivity contribution in [3.8, 4) is 0 Å². The smallest absolute Gasteiger partial charge is 0.253 e. The van der Waals surface area contributed by atoms with E-state index in [0.717, 1.165) is 64.8 Å². The fourth-order valence-electron chi connectivity index (χ4n) is 5.66. The van der Waals surface area contributed by atoms with Gasteiger partial charge in [-0.2, -0.15) is 0 Å². The van der Waals surface area contributed by atoms with Crippen molar-refractivity contribution in [2.75, 3.05) is 32.8 Å². The molecule has 1 aliphatic carbocycles. The minimum Gasteiger partial charge on any atom is -0.376 e. The topological polar surface area (TPSA) is 32.8 Å². The van der Waals surface area contributed by atoms with E-state index >= 15 is 0 Å². The van der Waals surface area contributed by atoms with Gasteiger partial charge in [0.05, 0.1) is 6.10 Å². The first-order valence-corrected chi connectivity index (χ1v) is 12.1. The van der Waals surface area contributed by atoms with Crippen LogP contribution in [0.2, 0.25) is 0 Å². The van der Waals surface area contributed by atoms with Crippen LogP contribution in [-0.4, -0.2) is 60.6 Å². The lowest BCUT2D eigenvalue weighted by Gasteiger charge is -2.38. The van der Waals surface area contributed by atoms with Crippen molar-refractivity contribution in [3.63, 3.8) is 0 Å². The summed E-state index contributed by atoms with van der Waals surface area (Å²) in [6.45, 7) is 4.37. The second kappa shape index (κ2) is 9.72. The molecular weight excluding hydrogens is 403 g/mol. The normalized spacial score (nSPS) is 22.2. The third kappa shape index (κ3) is 4.89. The number of likely N-dealkylation sites (tertiary alicyclic amines) is 1. The molecule has 5 rings (SSSR count). The van der Waals surface area contributed by atoms with E-state index in [4.69, 9.17) is 4.74 Å². The first-order chi connectivity index (χ1) is 15.7. The Kier molecular flexibility index (Phi) is 6.56. The number of piperidine rings is 1. The van der Waals surface area contributed by atoms with Crippen LogP contribution in [0.1, 0.15) is 47.2 Å². The number of nitrogens with zero attached hydrogens (tertiary/aromatic N) is 2. The second-order valence-corrected chi connectivity index (χ2v) is 9.66. The van der Waals surface area contributed by atoms with Crippen LogP contribution >= 0.6 is 0 Å². The van der Waals surface area contributed by atoms with Crippen LogP contribution in [0, 0.1) is 11.7 Å². The molecule has 0 N–H and O–H groups in total. The van der Waals surface area contributed by atoms with E-state index < -0.39 is 0 Å². The minimum absolute atomic E-state index is 0.00540. The molecule has 2 heterocycles. The van der Waals surface area contributed by atoms with Gasteiger partial charge in [-0.1, -0.05) is 24.3 Å². The fourth-order valence-corrected chi connectivity index (χ4v) is 5.66. The van der Waals surface area contributed by atoms with Crippen molar-refractivity contribution in [1.82, 2.24) is 9.80 Å². The van der Waals surface area contributed by atoms with Crippen LogP contribution in [0.4, 0.5) is 4.39 Å². The number of hydrogen-bond donors (Lipinski definition) is 0. The van der Waals surface area contributed by atoms with Gasteiger partial charge in [0, 0.05) is 31.3 Å². The predicted octanol–water partition coefficient (Wildman–Crippen LogP) is 4.33. The molecule has 1 atom stereocenters. The highest BCUT2D eigenvalue weighted by Crippen LogP contribution is 2.29. The molecule has 2 saturated heterocycles. The fraction of sp³-hybridized carbons (Fsp3) is 0.519. The molecule has 3 aliphatic rings. The molecule has 0 spiro atoms. The molecule has 2 aromatic rings. The molecule has 2 aliphatic heterocycles. The molecule has 170 valence electrons. The monoisotopic (exact) mass is 436 g/mol. The third-order valence-electron chi connectivity index (χ3n) is 7.50. The van der Waals surface area contributed by atoms with E-state index in [0.29, 0.717) is 24.1 Å². The lowest BCUT2D eigenvalue weighted by Crippen LogP contribution is -2.46. The van der Waals surface area contributed by atoms with Gasteiger partial charge in [-0.3, -0.25) is 9.69 Å². The lowest BCUT2D eigenvalue weighted by molar-refractivity contribution is 0.0430. The highest BCUT2D eigenvalue weighted by molar-refractivity contribution is 5.94. The molecule has 0 saturated carbocycles. The molecule has 4 nitrogen and oxygen atoms in total. The van der Waals surface area contributed by atoms with E-state index in [1.165, 1.54) is 23.3 Å². The summed E-state index contributed by atoms with van der Waals surface area (Å²) in [5.74, 6) is 0.184. The first kappa shape index (κ1) is 21.6. The Morgan fingerprint density at radius 3 is 2.28 bits per heavy atom. The van der Waals surface area contributed by atoms with Crippen LogP contribution in [-0.2, 0) is 17.6 Å². The number of halogens is 1. The van der Waals surface area contributed by atoms with Crippen LogP contribution < -0.4 is 0 Å². The zero-order valence-electron chi connectivity index (χ0n) is 18.7. The van der Waals surface area contributed by atoms with E-state index in [9.17, 15) is 9.18 Å². The van der Waals surface area contributed by atoms with Gasteiger partial charge in [-0.15, -0.1) is 0 Å². The van der Waals surface area contributed by atoms with Gasteiger partial charge < -0.3 is 9.64 Å². The predicted molar refractivity (Wildman–Crippen MR) is 123 cm³/mol. The average Bonchev–Trinajstić information content (AvgIpc) is 3.49. The van der Waals surface area contributed by atoms with Gasteiger partial charge in [0.15, 0.2) is 0 Å². The number of rotatable bonds is 6. The molecule has 2 aromatic carbocycles. The molecular formula is C27H33FN2O2. The van der Waals surface area contributed by atoms with E-state index in [1.807, 2.05) is 4.90 Å². The summed E-state index contributed by atoms with van der Waals surface area (Å²) in [5.41, 5.74) is 3.57. The van der Waals surface area contributed by atoms with Crippen LogP contribution in [0.3, 0.4) is 0 Å². The molecule has 2 fully saturated rings. The zero-order valence-corrected chi connectivity index (χ0v) is 18.7. The van der Waals surface area contributed by atoms with Crippen LogP contribution in [0.25, 0.3) is 0 Å². The maximum atomic E-state index is 13.4. The highest BCUT2D eigenvalue weighted by Gasteiger charge is 2.32. The van der Waals surface area contributed by atoms with Gasteiger partial charge in [-0.25, -0.2) is 4.39 Å². The molecule has 1 unspecified atom stereocenters. The number of ether oxygens (including phenoxy) is 1. The lowest BCUT2D eigenvalue weighted by atomic mass is 9.94. The van der Waals surface area contributed by atoms with Crippen LogP contribution in [0.5, 0.6) is 0 Å². The minimum atomic E-state index is -0.311. The Hall–Kier alpha value is -2.24. The Morgan fingerprint density at radius 1 is 0.969 bits per heavy atom. The van der Waals surface area contributed by atoms with Crippen LogP contribution in [0.15, 0.2) is 48.5 Å². The van der Waals surface area contributed by atoms with Crippen molar-refractivity contribution in [2.45, 2.75) is 50.7 Å². The highest BCUT2D eigenvalue weighted by atomic mass is 19.1. The quantitative estimate of drug-likeness (QED) is 0.676. The van der Waals surface area contributed by atoms with E-state index in [-0.39, 0.29) is 17.8 Å². The molecule has 0 bridgehead atoms. The summed E-state index contributed by atoms with van der Waals surface area (Å²) in [4.78, 5) is 17.9. The zero-order chi connectivity index (χ0) is 21.9. The van der Waals surface area contributed by atoms with Gasteiger partial charge in [0.1, 0.15) is 5.82 Å². The molecule has 5 heteroatoms. The van der Waals surface area contributed by atoms with E-state index in [2.05, 4.69) is 29.2 Å². The van der Waals surface area contributed by atoms with Crippen molar-refractivity contribution >= 4 is 5.91 Å². The third-order valence-corrected chi connectivity index (χ3v) is 7.50. The summed E-state index contributed by atoms with van der Waals surface area (Å²) >= 11 is 0. The van der Waals surface area contributed by atoms with Gasteiger partial charge in [0.25, 0.3) is 5.91 Å². The summed E-state index contributed by atoms with van der Waals surface area (Å²) in [6, 6.07) is 15.4. The maximum Gasteiger partial charge on any atom is 0.253 e. The largest absolute Gasteiger partial charge is 0.376 e. The number of fused-ring (bicyclic) bond motifs is 1. The number of hydrogen-bond acceptors (Lipinski definition) is 3. The standard InChI is InChI=1S/C27H33FN2O2/c28-24-9-7-21(8-10-24)27(31)30(19-26-6-3-15-32-26)18-20-11-13-29(14-12-20)25-16-22-4-1-2-5-23(22)17-25/h1-2,4-5,7-10,20,25-26H,3,6,11-19H2. The molecule has 32 heavy (non-hydrogen) atoms. The first-order valence-electron chi connectivity index (χ1n) is 12.1. The number of benzene rings is 2. The summed E-state index contributed by atoms with van der Waals surface area (Å²) in [7, 11) is 0. The summed E-state index contributed by atoms with van der Waals surface area (Å²) < 4.78 is 19.2.